The third-order valence-corrected chi connectivity index (χ3v) is 4.38. The zero-order valence-electron chi connectivity index (χ0n) is 16.1. The van der Waals surface area contributed by atoms with Crippen LogP contribution in [-0.2, 0) is 4.79 Å². The van der Waals surface area contributed by atoms with Crippen LogP contribution in [0.5, 0.6) is 5.75 Å². The third-order valence-electron chi connectivity index (χ3n) is 4.15. The number of hydrogen-bond acceptors (Lipinski definition) is 4. The summed E-state index contributed by atoms with van der Waals surface area (Å²) in [7, 11) is 0. The number of Topliss-reactive ketones (excluding diaryl/α,β-unsaturated/α-hetero) is 1. The van der Waals surface area contributed by atoms with Gasteiger partial charge in [0.05, 0.1) is 5.56 Å². The molecule has 0 aliphatic heterocycles. The number of rotatable bonds is 8. The summed E-state index contributed by atoms with van der Waals surface area (Å²) in [4.78, 5) is 37.8. The SMILES string of the molecule is CCN(CC)C(=O)c1ccc(NC(=O)COc2ccc(Cl)cc2C(C)=O)cc1. The first-order valence-corrected chi connectivity index (χ1v) is 9.36. The van der Waals surface area contributed by atoms with E-state index in [1.54, 1.807) is 41.3 Å². The molecule has 2 aromatic rings. The largest absolute Gasteiger partial charge is 0.483 e. The zero-order chi connectivity index (χ0) is 20.7. The fourth-order valence-electron chi connectivity index (χ4n) is 2.63. The van der Waals surface area contributed by atoms with Gasteiger partial charge in [0.2, 0.25) is 0 Å². The fourth-order valence-corrected chi connectivity index (χ4v) is 2.81. The zero-order valence-corrected chi connectivity index (χ0v) is 16.9. The summed E-state index contributed by atoms with van der Waals surface area (Å²) in [5.74, 6) is -0.337. The van der Waals surface area contributed by atoms with Crippen molar-refractivity contribution >= 4 is 34.9 Å². The molecule has 2 aromatic carbocycles. The molecule has 0 spiro atoms. The minimum Gasteiger partial charge on any atom is -0.483 e. The summed E-state index contributed by atoms with van der Waals surface area (Å²) in [6.45, 7) is 6.26. The Morgan fingerprint density at radius 1 is 1.04 bits per heavy atom. The highest BCUT2D eigenvalue weighted by molar-refractivity contribution is 6.31. The van der Waals surface area contributed by atoms with Crippen molar-refractivity contribution in [2.45, 2.75) is 20.8 Å². The lowest BCUT2D eigenvalue weighted by Gasteiger charge is -2.18. The average molecular weight is 403 g/mol. The van der Waals surface area contributed by atoms with Crippen LogP contribution < -0.4 is 10.1 Å². The van der Waals surface area contributed by atoms with E-state index >= 15 is 0 Å². The Labute approximate surface area is 169 Å². The highest BCUT2D eigenvalue weighted by Crippen LogP contribution is 2.23. The van der Waals surface area contributed by atoms with Crippen LogP contribution in [0.3, 0.4) is 0 Å². The number of carbonyl (C=O) groups is 3. The van der Waals surface area contributed by atoms with Crippen molar-refractivity contribution in [3.63, 3.8) is 0 Å². The molecule has 6 nitrogen and oxygen atoms in total. The van der Waals surface area contributed by atoms with Gasteiger partial charge in [-0.2, -0.15) is 0 Å². The van der Waals surface area contributed by atoms with Crippen molar-refractivity contribution < 1.29 is 19.1 Å². The molecule has 0 bridgehead atoms. The number of halogens is 1. The number of nitrogens with one attached hydrogen (secondary N) is 1. The summed E-state index contributed by atoms with van der Waals surface area (Å²) < 4.78 is 5.46. The van der Waals surface area contributed by atoms with E-state index in [9.17, 15) is 14.4 Å². The van der Waals surface area contributed by atoms with E-state index in [4.69, 9.17) is 16.3 Å². The van der Waals surface area contributed by atoms with Crippen molar-refractivity contribution in [1.82, 2.24) is 4.90 Å². The molecular weight excluding hydrogens is 380 g/mol. The van der Waals surface area contributed by atoms with Gasteiger partial charge < -0.3 is 15.0 Å². The lowest BCUT2D eigenvalue weighted by atomic mass is 10.1. The minimum atomic E-state index is -0.382. The maximum Gasteiger partial charge on any atom is 0.262 e. The molecule has 0 fully saturated rings. The lowest BCUT2D eigenvalue weighted by Crippen LogP contribution is -2.30. The predicted octanol–water partition coefficient (Wildman–Crippen LogP) is 4.04. The molecule has 2 amide bonds. The summed E-state index contributed by atoms with van der Waals surface area (Å²) in [5, 5.41) is 3.11. The molecule has 0 atom stereocenters. The molecule has 148 valence electrons. The van der Waals surface area contributed by atoms with Crippen LogP contribution in [-0.4, -0.2) is 42.2 Å². The molecule has 2 rings (SSSR count). The Morgan fingerprint density at radius 2 is 1.68 bits per heavy atom. The van der Waals surface area contributed by atoms with Gasteiger partial charge >= 0.3 is 0 Å². The number of nitrogens with zero attached hydrogens (tertiary/aromatic N) is 1. The topological polar surface area (TPSA) is 75.7 Å². The Balaban J connectivity index is 1.97. The van der Waals surface area contributed by atoms with Gasteiger partial charge in [0, 0.05) is 29.4 Å². The van der Waals surface area contributed by atoms with Crippen LogP contribution in [0.25, 0.3) is 0 Å². The van der Waals surface area contributed by atoms with E-state index < -0.39 is 0 Å². The van der Waals surface area contributed by atoms with Gasteiger partial charge in [-0.25, -0.2) is 0 Å². The maximum atomic E-state index is 12.3. The second kappa shape index (κ2) is 9.90. The molecule has 0 heterocycles. The van der Waals surface area contributed by atoms with Crippen LogP contribution >= 0.6 is 11.6 Å². The second-order valence-electron chi connectivity index (χ2n) is 6.09. The molecule has 28 heavy (non-hydrogen) atoms. The van der Waals surface area contributed by atoms with Crippen LogP contribution in [0.4, 0.5) is 5.69 Å². The fraction of sp³-hybridized carbons (Fsp3) is 0.286. The number of benzene rings is 2. The number of ether oxygens (including phenoxy) is 1. The number of carbonyl (C=O) groups excluding carboxylic acids is 3. The first-order chi connectivity index (χ1) is 13.3. The van der Waals surface area contributed by atoms with Crippen molar-refractivity contribution in [2.75, 3.05) is 25.0 Å². The van der Waals surface area contributed by atoms with E-state index in [2.05, 4.69) is 5.32 Å². The summed E-state index contributed by atoms with van der Waals surface area (Å²) >= 11 is 5.89. The first kappa shape index (κ1) is 21.4. The molecule has 7 heteroatoms. The molecule has 0 aliphatic carbocycles. The number of hydrogen-bond donors (Lipinski definition) is 1. The van der Waals surface area contributed by atoms with Gasteiger partial charge in [-0.3, -0.25) is 14.4 Å². The van der Waals surface area contributed by atoms with E-state index in [1.807, 2.05) is 13.8 Å². The molecule has 0 saturated carbocycles. The highest BCUT2D eigenvalue weighted by Gasteiger charge is 2.13. The van der Waals surface area contributed by atoms with Gasteiger partial charge in [-0.1, -0.05) is 11.6 Å². The standard InChI is InChI=1S/C21H23ClN2O4/c1-4-24(5-2)21(27)15-6-9-17(10-7-15)23-20(26)13-28-19-11-8-16(22)12-18(19)14(3)25/h6-12H,4-5,13H2,1-3H3,(H,23,26). The van der Waals surface area contributed by atoms with Crippen molar-refractivity contribution in [2.24, 2.45) is 0 Å². The molecule has 0 unspecified atom stereocenters. The predicted molar refractivity (Wildman–Crippen MR) is 109 cm³/mol. The molecule has 0 aromatic heterocycles. The van der Waals surface area contributed by atoms with E-state index in [1.165, 1.54) is 13.0 Å². The van der Waals surface area contributed by atoms with Crippen LogP contribution in [0.2, 0.25) is 5.02 Å². The second-order valence-corrected chi connectivity index (χ2v) is 6.52. The van der Waals surface area contributed by atoms with Gasteiger partial charge in [0.25, 0.3) is 11.8 Å². The normalized spacial score (nSPS) is 10.3. The average Bonchev–Trinajstić information content (AvgIpc) is 2.68. The van der Waals surface area contributed by atoms with Crippen molar-refractivity contribution in [3.8, 4) is 5.75 Å². The Kier molecular flexibility index (Phi) is 7.58. The summed E-state index contributed by atoms with van der Waals surface area (Å²) in [6, 6.07) is 11.3. The quantitative estimate of drug-likeness (QED) is 0.676. The summed E-state index contributed by atoms with van der Waals surface area (Å²) in [6.07, 6.45) is 0. The monoisotopic (exact) mass is 402 g/mol. The third kappa shape index (κ3) is 5.57. The summed E-state index contributed by atoms with van der Waals surface area (Å²) in [5.41, 5.74) is 1.43. The minimum absolute atomic E-state index is 0.0503. The maximum absolute atomic E-state index is 12.3. The first-order valence-electron chi connectivity index (χ1n) is 8.98. The molecule has 0 aliphatic rings. The van der Waals surface area contributed by atoms with Gasteiger partial charge in [-0.05, 0) is 63.2 Å². The number of ketones is 1. The van der Waals surface area contributed by atoms with Gasteiger partial charge in [0.15, 0.2) is 12.4 Å². The molecule has 0 saturated heterocycles. The molecule has 1 N–H and O–H groups in total. The Hall–Kier alpha value is -2.86. The number of amides is 2. The van der Waals surface area contributed by atoms with Gasteiger partial charge in [-0.15, -0.1) is 0 Å². The van der Waals surface area contributed by atoms with Crippen molar-refractivity contribution in [1.29, 1.82) is 0 Å². The molecule has 0 radical (unpaired) electrons. The van der Waals surface area contributed by atoms with E-state index in [0.29, 0.717) is 40.7 Å². The van der Waals surface area contributed by atoms with E-state index in [-0.39, 0.29) is 24.2 Å². The van der Waals surface area contributed by atoms with E-state index in [0.717, 1.165) is 0 Å². The number of anilines is 1. The van der Waals surface area contributed by atoms with Crippen LogP contribution in [0.1, 0.15) is 41.5 Å². The highest BCUT2D eigenvalue weighted by atomic mass is 35.5. The smallest absolute Gasteiger partial charge is 0.262 e. The Morgan fingerprint density at radius 3 is 2.25 bits per heavy atom. The van der Waals surface area contributed by atoms with Crippen LogP contribution in [0, 0.1) is 0 Å². The Bertz CT molecular complexity index is 861. The van der Waals surface area contributed by atoms with Crippen LogP contribution in [0.15, 0.2) is 42.5 Å². The lowest BCUT2D eigenvalue weighted by molar-refractivity contribution is -0.118. The van der Waals surface area contributed by atoms with Gasteiger partial charge in [0.1, 0.15) is 5.75 Å². The van der Waals surface area contributed by atoms with Crippen molar-refractivity contribution in [3.05, 3.63) is 58.6 Å². The molecular formula is C21H23ClN2O4.